The Labute approximate surface area is 115 Å². The average molecular weight is 267 g/mol. The summed E-state index contributed by atoms with van der Waals surface area (Å²) in [4.78, 5) is 16.1. The van der Waals surface area contributed by atoms with Crippen LogP contribution in [0.1, 0.15) is 17.3 Å². The second-order valence-corrected chi connectivity index (χ2v) is 4.30. The molecule has 0 fully saturated rings. The minimum absolute atomic E-state index is 0.189. The topological polar surface area (TPSA) is 72.7 Å². The van der Waals surface area contributed by atoms with Gasteiger partial charge in [0.25, 0.3) is 5.91 Å². The van der Waals surface area contributed by atoms with E-state index in [4.69, 9.17) is 0 Å². The number of aryl methyl sites for hydroxylation is 1. The molecule has 1 amide bonds. The highest BCUT2D eigenvalue weighted by atomic mass is 16.1. The van der Waals surface area contributed by atoms with Gasteiger partial charge in [-0.15, -0.1) is 5.10 Å². The van der Waals surface area contributed by atoms with Crippen molar-refractivity contribution in [1.82, 2.24) is 20.0 Å². The highest BCUT2D eigenvalue weighted by Crippen LogP contribution is 2.15. The van der Waals surface area contributed by atoms with Gasteiger partial charge in [0.05, 0.1) is 17.4 Å². The lowest BCUT2D eigenvalue weighted by Gasteiger charge is -2.04. The first-order valence-corrected chi connectivity index (χ1v) is 6.32. The molecule has 6 nitrogen and oxygen atoms in total. The number of hydrogen-bond acceptors (Lipinski definition) is 4. The van der Waals surface area contributed by atoms with Gasteiger partial charge >= 0.3 is 0 Å². The molecule has 0 aliphatic rings. The van der Waals surface area contributed by atoms with Crippen LogP contribution in [0.5, 0.6) is 0 Å². The maximum absolute atomic E-state index is 12.1. The molecule has 0 radical (unpaired) electrons. The van der Waals surface area contributed by atoms with Crippen molar-refractivity contribution >= 4 is 22.6 Å². The molecule has 0 saturated carbocycles. The Morgan fingerprint density at radius 1 is 1.35 bits per heavy atom. The fourth-order valence-electron chi connectivity index (χ4n) is 1.99. The number of anilines is 1. The number of fused-ring (bicyclic) bond motifs is 1. The van der Waals surface area contributed by atoms with E-state index in [-0.39, 0.29) is 5.91 Å². The Hall–Kier alpha value is -2.76. The smallest absolute Gasteiger partial charge is 0.255 e. The second-order valence-electron chi connectivity index (χ2n) is 4.30. The van der Waals surface area contributed by atoms with Crippen LogP contribution in [0.2, 0.25) is 0 Å². The van der Waals surface area contributed by atoms with E-state index < -0.39 is 0 Å². The van der Waals surface area contributed by atoms with Crippen LogP contribution in [0.3, 0.4) is 0 Å². The third kappa shape index (κ3) is 2.23. The van der Waals surface area contributed by atoms with Crippen LogP contribution in [0.15, 0.2) is 42.7 Å². The van der Waals surface area contributed by atoms with Gasteiger partial charge in [-0.05, 0) is 37.3 Å². The highest BCUT2D eigenvalue weighted by molar-refractivity contribution is 6.05. The number of aromatic nitrogens is 4. The summed E-state index contributed by atoms with van der Waals surface area (Å²) in [6, 6.07) is 8.92. The summed E-state index contributed by atoms with van der Waals surface area (Å²) in [5, 5.41) is 10.9. The minimum Gasteiger partial charge on any atom is -0.321 e. The third-order valence-electron chi connectivity index (χ3n) is 3.00. The summed E-state index contributed by atoms with van der Waals surface area (Å²) in [6.45, 7) is 2.74. The minimum atomic E-state index is -0.189. The van der Waals surface area contributed by atoms with E-state index in [9.17, 15) is 4.79 Å². The van der Waals surface area contributed by atoms with E-state index >= 15 is 0 Å². The van der Waals surface area contributed by atoms with Crippen LogP contribution in [0, 0.1) is 0 Å². The Bertz CT molecular complexity index is 751. The van der Waals surface area contributed by atoms with Crippen molar-refractivity contribution in [3.63, 3.8) is 0 Å². The molecule has 3 rings (SSSR count). The third-order valence-corrected chi connectivity index (χ3v) is 3.00. The Balaban J connectivity index is 1.88. The molecule has 6 heteroatoms. The molecule has 0 bridgehead atoms. The highest BCUT2D eigenvalue weighted by Gasteiger charge is 2.10. The zero-order valence-electron chi connectivity index (χ0n) is 10.9. The SMILES string of the molecule is CCn1nnc2cc(C(=O)Nc3cccnc3)ccc21. The van der Waals surface area contributed by atoms with Crippen LogP contribution < -0.4 is 5.32 Å². The van der Waals surface area contributed by atoms with Crippen molar-refractivity contribution in [2.45, 2.75) is 13.5 Å². The van der Waals surface area contributed by atoms with Gasteiger partial charge in [-0.25, -0.2) is 4.68 Å². The molecule has 20 heavy (non-hydrogen) atoms. The van der Waals surface area contributed by atoms with Gasteiger partial charge in [0.1, 0.15) is 5.52 Å². The summed E-state index contributed by atoms with van der Waals surface area (Å²) in [5.41, 5.74) is 2.84. The number of nitrogens with zero attached hydrogens (tertiary/aromatic N) is 4. The zero-order valence-corrected chi connectivity index (χ0v) is 10.9. The number of pyridine rings is 1. The predicted octanol–water partition coefficient (Wildman–Crippen LogP) is 2.10. The maximum Gasteiger partial charge on any atom is 0.255 e. The number of benzene rings is 1. The number of amides is 1. The first kappa shape index (κ1) is 12.3. The van der Waals surface area contributed by atoms with E-state index in [1.165, 1.54) is 0 Å². The van der Waals surface area contributed by atoms with E-state index in [1.54, 1.807) is 41.3 Å². The molecule has 0 aliphatic carbocycles. The Kier molecular flexibility index (Phi) is 3.12. The molecule has 0 unspecified atom stereocenters. The largest absolute Gasteiger partial charge is 0.321 e. The molecule has 0 aliphatic heterocycles. The summed E-state index contributed by atoms with van der Waals surface area (Å²) in [6.07, 6.45) is 3.26. The molecule has 3 aromatic rings. The van der Waals surface area contributed by atoms with Gasteiger partial charge in [-0.3, -0.25) is 9.78 Å². The lowest BCUT2D eigenvalue weighted by molar-refractivity contribution is 0.102. The first-order valence-electron chi connectivity index (χ1n) is 6.32. The normalized spacial score (nSPS) is 10.7. The summed E-state index contributed by atoms with van der Waals surface area (Å²) < 4.78 is 1.79. The molecule has 100 valence electrons. The van der Waals surface area contributed by atoms with E-state index in [0.717, 1.165) is 12.1 Å². The molecular formula is C14H13N5O. The molecule has 2 heterocycles. The second kappa shape index (κ2) is 5.08. The molecular weight excluding hydrogens is 254 g/mol. The molecule has 1 aromatic carbocycles. The number of carbonyl (C=O) groups excluding carboxylic acids is 1. The van der Waals surface area contributed by atoms with Gasteiger partial charge in [-0.2, -0.15) is 0 Å². The van der Waals surface area contributed by atoms with Crippen LogP contribution in [0.4, 0.5) is 5.69 Å². The Morgan fingerprint density at radius 2 is 2.25 bits per heavy atom. The number of carbonyl (C=O) groups is 1. The molecule has 0 atom stereocenters. The monoisotopic (exact) mass is 267 g/mol. The van der Waals surface area contributed by atoms with E-state index in [1.807, 2.05) is 13.0 Å². The predicted molar refractivity (Wildman–Crippen MR) is 75.4 cm³/mol. The molecule has 0 saturated heterocycles. The zero-order chi connectivity index (χ0) is 13.9. The van der Waals surface area contributed by atoms with Gasteiger partial charge in [0.15, 0.2) is 0 Å². The Morgan fingerprint density at radius 3 is 3.00 bits per heavy atom. The number of hydrogen-bond donors (Lipinski definition) is 1. The number of nitrogens with one attached hydrogen (secondary N) is 1. The van der Waals surface area contributed by atoms with Crippen LogP contribution in [-0.4, -0.2) is 25.9 Å². The summed E-state index contributed by atoms with van der Waals surface area (Å²) >= 11 is 0. The van der Waals surface area contributed by atoms with Crippen molar-refractivity contribution in [3.05, 3.63) is 48.3 Å². The van der Waals surface area contributed by atoms with Crippen molar-refractivity contribution in [3.8, 4) is 0 Å². The summed E-state index contributed by atoms with van der Waals surface area (Å²) in [5.74, 6) is -0.189. The lowest BCUT2D eigenvalue weighted by Crippen LogP contribution is -2.11. The van der Waals surface area contributed by atoms with E-state index in [2.05, 4.69) is 20.6 Å². The lowest BCUT2D eigenvalue weighted by atomic mass is 10.2. The van der Waals surface area contributed by atoms with Gasteiger partial charge in [-0.1, -0.05) is 5.21 Å². The average Bonchev–Trinajstić information content (AvgIpc) is 2.90. The molecule has 0 spiro atoms. The van der Waals surface area contributed by atoms with Crippen LogP contribution in [-0.2, 0) is 6.54 Å². The van der Waals surface area contributed by atoms with Gasteiger partial charge < -0.3 is 5.32 Å². The van der Waals surface area contributed by atoms with Crippen molar-refractivity contribution in [2.24, 2.45) is 0 Å². The first-order chi connectivity index (χ1) is 9.78. The van der Waals surface area contributed by atoms with Crippen molar-refractivity contribution in [2.75, 3.05) is 5.32 Å². The summed E-state index contributed by atoms with van der Waals surface area (Å²) in [7, 11) is 0. The standard InChI is InChI=1S/C14H13N5O/c1-2-19-13-6-5-10(8-12(13)17-18-19)14(20)16-11-4-3-7-15-9-11/h3-9H,2H2,1H3,(H,16,20). The maximum atomic E-state index is 12.1. The van der Waals surface area contributed by atoms with Gasteiger partial charge in [0.2, 0.25) is 0 Å². The molecule has 2 aromatic heterocycles. The fraction of sp³-hybridized carbons (Fsp3) is 0.143. The van der Waals surface area contributed by atoms with Crippen LogP contribution >= 0.6 is 0 Å². The number of rotatable bonds is 3. The van der Waals surface area contributed by atoms with Crippen molar-refractivity contribution in [1.29, 1.82) is 0 Å². The van der Waals surface area contributed by atoms with Crippen molar-refractivity contribution < 1.29 is 4.79 Å². The van der Waals surface area contributed by atoms with E-state index in [0.29, 0.717) is 16.8 Å². The van der Waals surface area contributed by atoms with Gasteiger partial charge in [0, 0.05) is 18.3 Å². The fourth-order valence-corrected chi connectivity index (χ4v) is 1.99. The van der Waals surface area contributed by atoms with Crippen LogP contribution in [0.25, 0.3) is 11.0 Å². The quantitative estimate of drug-likeness (QED) is 0.788. The molecule has 1 N–H and O–H groups in total.